The third-order valence-corrected chi connectivity index (χ3v) is 3.53. The highest BCUT2D eigenvalue weighted by molar-refractivity contribution is 5.95. The molecule has 17 heavy (non-hydrogen) atoms. The fourth-order valence-corrected chi connectivity index (χ4v) is 2.26. The van der Waals surface area contributed by atoms with E-state index >= 15 is 0 Å². The Bertz CT molecular complexity index is 403. The van der Waals surface area contributed by atoms with Crippen molar-refractivity contribution in [3.05, 3.63) is 35.4 Å². The molecule has 1 aliphatic heterocycles. The van der Waals surface area contributed by atoms with E-state index in [4.69, 9.17) is 0 Å². The Kier molecular flexibility index (Phi) is 3.79. The second-order valence-corrected chi connectivity index (χ2v) is 4.86. The molecule has 1 heterocycles. The van der Waals surface area contributed by atoms with Gasteiger partial charge in [0.05, 0.1) is 0 Å². The Hall–Kier alpha value is -1.35. The Labute approximate surface area is 103 Å². The summed E-state index contributed by atoms with van der Waals surface area (Å²) in [6.07, 6.45) is 1.12. The van der Waals surface area contributed by atoms with Crippen LogP contribution in [0, 0.1) is 12.8 Å². The van der Waals surface area contributed by atoms with Gasteiger partial charge in [0.15, 0.2) is 0 Å². The Morgan fingerprint density at radius 1 is 1.41 bits per heavy atom. The van der Waals surface area contributed by atoms with Crippen molar-refractivity contribution in [3.63, 3.8) is 0 Å². The third kappa shape index (κ3) is 2.86. The van der Waals surface area contributed by atoms with E-state index in [1.165, 1.54) is 0 Å². The molecule has 1 aromatic rings. The lowest BCUT2D eigenvalue weighted by Gasteiger charge is -2.30. The fourth-order valence-electron chi connectivity index (χ4n) is 2.26. The minimum absolute atomic E-state index is 0.0450. The van der Waals surface area contributed by atoms with Crippen LogP contribution in [-0.4, -0.2) is 25.0 Å². The Balaban J connectivity index is 2.04. The highest BCUT2D eigenvalue weighted by Gasteiger charge is 2.23. The van der Waals surface area contributed by atoms with Crippen LogP contribution in [0.1, 0.15) is 29.3 Å². The molecule has 2 atom stereocenters. The molecular formula is C14H20N2O. The number of aryl methyl sites for hydroxylation is 1. The van der Waals surface area contributed by atoms with Gasteiger partial charge in [-0.15, -0.1) is 0 Å². The van der Waals surface area contributed by atoms with Gasteiger partial charge in [-0.05, 0) is 37.4 Å². The summed E-state index contributed by atoms with van der Waals surface area (Å²) < 4.78 is 0. The average Bonchev–Trinajstić information content (AvgIpc) is 2.32. The number of benzene rings is 1. The standard InChI is InChI=1S/C14H20N2O/c1-10-5-3-4-6-12(10)14(17)16-13-9-15-8-7-11(13)2/h3-6,11,13,15H,7-9H2,1-2H3,(H,16,17)/t11-,13+/m1/s1. The van der Waals surface area contributed by atoms with Crippen LogP contribution < -0.4 is 10.6 Å². The molecule has 1 aromatic carbocycles. The second-order valence-electron chi connectivity index (χ2n) is 4.86. The minimum atomic E-state index is 0.0450. The van der Waals surface area contributed by atoms with Gasteiger partial charge in [0, 0.05) is 18.2 Å². The largest absolute Gasteiger partial charge is 0.348 e. The smallest absolute Gasteiger partial charge is 0.251 e. The third-order valence-electron chi connectivity index (χ3n) is 3.53. The molecule has 0 aromatic heterocycles. The molecule has 3 nitrogen and oxygen atoms in total. The van der Waals surface area contributed by atoms with Crippen LogP contribution in [0.15, 0.2) is 24.3 Å². The van der Waals surface area contributed by atoms with E-state index in [9.17, 15) is 4.79 Å². The molecule has 0 saturated carbocycles. The first-order valence-corrected chi connectivity index (χ1v) is 6.25. The van der Waals surface area contributed by atoms with Gasteiger partial charge in [-0.2, -0.15) is 0 Å². The van der Waals surface area contributed by atoms with Gasteiger partial charge in [0.25, 0.3) is 5.91 Å². The molecule has 0 radical (unpaired) electrons. The Morgan fingerprint density at radius 3 is 2.88 bits per heavy atom. The van der Waals surface area contributed by atoms with Crippen molar-refractivity contribution in [1.82, 2.24) is 10.6 Å². The number of piperidine rings is 1. The molecule has 92 valence electrons. The van der Waals surface area contributed by atoms with E-state index in [0.717, 1.165) is 30.6 Å². The summed E-state index contributed by atoms with van der Waals surface area (Å²) in [4.78, 5) is 12.1. The van der Waals surface area contributed by atoms with E-state index in [1.807, 2.05) is 31.2 Å². The van der Waals surface area contributed by atoms with E-state index in [-0.39, 0.29) is 11.9 Å². The van der Waals surface area contributed by atoms with Crippen LogP contribution in [0.25, 0.3) is 0 Å². The molecule has 2 rings (SSSR count). The summed E-state index contributed by atoms with van der Waals surface area (Å²) >= 11 is 0. The highest BCUT2D eigenvalue weighted by Crippen LogP contribution is 2.13. The summed E-state index contributed by atoms with van der Waals surface area (Å²) in [6.45, 7) is 6.10. The first-order valence-electron chi connectivity index (χ1n) is 6.25. The Morgan fingerprint density at radius 2 is 2.18 bits per heavy atom. The predicted octanol–water partition coefficient (Wildman–Crippen LogP) is 1.72. The lowest BCUT2D eigenvalue weighted by atomic mass is 9.94. The summed E-state index contributed by atoms with van der Waals surface area (Å²) in [7, 11) is 0. The van der Waals surface area contributed by atoms with Crippen molar-refractivity contribution in [3.8, 4) is 0 Å². The lowest BCUT2D eigenvalue weighted by Crippen LogP contribution is -2.50. The van der Waals surface area contributed by atoms with Crippen LogP contribution in [0.3, 0.4) is 0 Å². The fraction of sp³-hybridized carbons (Fsp3) is 0.500. The number of nitrogens with one attached hydrogen (secondary N) is 2. The maximum Gasteiger partial charge on any atom is 0.251 e. The quantitative estimate of drug-likeness (QED) is 0.815. The average molecular weight is 232 g/mol. The van der Waals surface area contributed by atoms with E-state index in [1.54, 1.807) is 0 Å². The summed E-state index contributed by atoms with van der Waals surface area (Å²) in [5.41, 5.74) is 1.81. The normalized spacial score (nSPS) is 24.4. The number of carbonyl (C=O) groups excluding carboxylic acids is 1. The molecule has 0 spiro atoms. The summed E-state index contributed by atoms with van der Waals surface area (Å²) in [6, 6.07) is 7.96. The molecule has 1 aliphatic rings. The van der Waals surface area contributed by atoms with Gasteiger partial charge in [-0.3, -0.25) is 4.79 Å². The topological polar surface area (TPSA) is 41.1 Å². The zero-order valence-corrected chi connectivity index (χ0v) is 10.5. The first kappa shape index (κ1) is 12.1. The second kappa shape index (κ2) is 5.32. The maximum absolute atomic E-state index is 12.1. The molecule has 1 amide bonds. The van der Waals surface area contributed by atoms with Crippen molar-refractivity contribution < 1.29 is 4.79 Å². The van der Waals surface area contributed by atoms with Gasteiger partial charge >= 0.3 is 0 Å². The maximum atomic E-state index is 12.1. The van der Waals surface area contributed by atoms with Gasteiger partial charge in [-0.25, -0.2) is 0 Å². The zero-order chi connectivity index (χ0) is 12.3. The van der Waals surface area contributed by atoms with Crippen molar-refractivity contribution in [2.24, 2.45) is 5.92 Å². The number of hydrogen-bond donors (Lipinski definition) is 2. The van der Waals surface area contributed by atoms with Gasteiger partial charge in [-0.1, -0.05) is 25.1 Å². The zero-order valence-electron chi connectivity index (χ0n) is 10.5. The van der Waals surface area contributed by atoms with Gasteiger partial charge in [0.2, 0.25) is 0 Å². The van der Waals surface area contributed by atoms with E-state index < -0.39 is 0 Å². The van der Waals surface area contributed by atoms with Crippen LogP contribution in [0.4, 0.5) is 0 Å². The number of hydrogen-bond acceptors (Lipinski definition) is 2. The lowest BCUT2D eigenvalue weighted by molar-refractivity contribution is 0.0914. The van der Waals surface area contributed by atoms with Crippen molar-refractivity contribution in [2.75, 3.05) is 13.1 Å². The molecule has 0 bridgehead atoms. The molecule has 3 heteroatoms. The molecule has 2 N–H and O–H groups in total. The SMILES string of the molecule is Cc1ccccc1C(=O)N[C@H]1CNCC[C@H]1C. The number of carbonyl (C=O) groups is 1. The summed E-state index contributed by atoms with van der Waals surface area (Å²) in [5.74, 6) is 0.591. The molecular weight excluding hydrogens is 212 g/mol. The van der Waals surface area contributed by atoms with Crippen LogP contribution >= 0.6 is 0 Å². The highest BCUT2D eigenvalue weighted by atomic mass is 16.1. The molecule has 1 fully saturated rings. The summed E-state index contributed by atoms with van der Waals surface area (Å²) in [5, 5.41) is 6.45. The van der Waals surface area contributed by atoms with Crippen molar-refractivity contribution in [1.29, 1.82) is 0 Å². The molecule has 1 saturated heterocycles. The van der Waals surface area contributed by atoms with Crippen molar-refractivity contribution in [2.45, 2.75) is 26.3 Å². The van der Waals surface area contributed by atoms with E-state index in [0.29, 0.717) is 5.92 Å². The number of amides is 1. The first-order chi connectivity index (χ1) is 8.18. The number of rotatable bonds is 2. The molecule has 0 aliphatic carbocycles. The van der Waals surface area contributed by atoms with Gasteiger partial charge in [0.1, 0.15) is 0 Å². The predicted molar refractivity (Wildman–Crippen MR) is 69.1 cm³/mol. The van der Waals surface area contributed by atoms with Crippen LogP contribution in [0.2, 0.25) is 0 Å². The minimum Gasteiger partial charge on any atom is -0.348 e. The van der Waals surface area contributed by atoms with Crippen molar-refractivity contribution >= 4 is 5.91 Å². The van der Waals surface area contributed by atoms with E-state index in [2.05, 4.69) is 17.6 Å². The van der Waals surface area contributed by atoms with Crippen LogP contribution in [-0.2, 0) is 0 Å². The molecule has 0 unspecified atom stereocenters. The van der Waals surface area contributed by atoms with Gasteiger partial charge < -0.3 is 10.6 Å². The van der Waals surface area contributed by atoms with Crippen LogP contribution in [0.5, 0.6) is 0 Å². The monoisotopic (exact) mass is 232 g/mol.